The summed E-state index contributed by atoms with van der Waals surface area (Å²) in [5, 5.41) is 76.8. The predicted molar refractivity (Wildman–Crippen MR) is 73.6 cm³/mol. The molecule has 0 radical (unpaired) electrons. The summed E-state index contributed by atoms with van der Waals surface area (Å²) in [7, 11) is 0. The maximum absolute atomic E-state index is 13.0. The second-order valence-corrected chi connectivity index (χ2v) is 6.27. The van der Waals surface area contributed by atoms with Crippen LogP contribution < -0.4 is 0 Å². The Balaban J connectivity index is 2.23. The van der Waals surface area contributed by atoms with Crippen molar-refractivity contribution < 1.29 is 68.2 Å². The SMILES string of the molecule is OCC1OC(O[C@@H]2C(CO)OC(O)(C(F)(F)F)C(O)C2O)C(O)C(O)C1O. The maximum atomic E-state index is 13.0. The van der Waals surface area contributed by atoms with Crippen molar-refractivity contribution in [1.29, 1.82) is 0 Å². The van der Waals surface area contributed by atoms with E-state index in [9.17, 15) is 48.9 Å². The summed E-state index contributed by atoms with van der Waals surface area (Å²) in [4.78, 5) is 0. The van der Waals surface area contributed by atoms with Crippen molar-refractivity contribution in [2.45, 2.75) is 67.1 Å². The third-order valence-electron chi connectivity index (χ3n) is 4.48. The average molecular weight is 410 g/mol. The zero-order chi connectivity index (χ0) is 20.7. The summed E-state index contributed by atoms with van der Waals surface area (Å²) < 4.78 is 53.3. The maximum Gasteiger partial charge on any atom is 0.446 e. The standard InChI is InChI=1S/C13H21F3O11/c14-13(15,16)12(24)10(23)8(22)9(4(2-18)27-12)26-11-7(21)6(20)5(19)3(1-17)25-11/h3-11,17-24H,1-2H2/t3?,4?,5?,6?,7?,8?,9-,10?,11?,12?/m1/s1. The van der Waals surface area contributed by atoms with Gasteiger partial charge in [0.25, 0.3) is 5.79 Å². The molecule has 0 amide bonds. The van der Waals surface area contributed by atoms with Crippen LogP contribution in [0.15, 0.2) is 0 Å². The molecule has 2 aliphatic rings. The second-order valence-electron chi connectivity index (χ2n) is 6.27. The Morgan fingerprint density at radius 1 is 0.852 bits per heavy atom. The summed E-state index contributed by atoms with van der Waals surface area (Å²) in [5.41, 5.74) is 0. The fourth-order valence-electron chi connectivity index (χ4n) is 2.88. The molecule has 10 atom stereocenters. The van der Waals surface area contributed by atoms with Crippen LogP contribution in [-0.2, 0) is 14.2 Å². The van der Waals surface area contributed by atoms with Gasteiger partial charge in [0.05, 0.1) is 13.2 Å². The number of rotatable bonds is 4. The Morgan fingerprint density at radius 2 is 1.41 bits per heavy atom. The lowest BCUT2D eigenvalue weighted by Gasteiger charge is -2.49. The quantitative estimate of drug-likeness (QED) is 0.223. The van der Waals surface area contributed by atoms with Gasteiger partial charge in [-0.25, -0.2) is 0 Å². The van der Waals surface area contributed by atoms with Crippen molar-refractivity contribution in [1.82, 2.24) is 0 Å². The summed E-state index contributed by atoms with van der Waals surface area (Å²) >= 11 is 0. The fraction of sp³-hybridized carbons (Fsp3) is 1.00. The van der Waals surface area contributed by atoms with Crippen LogP contribution in [0.25, 0.3) is 0 Å². The van der Waals surface area contributed by atoms with E-state index in [1.165, 1.54) is 0 Å². The highest BCUT2D eigenvalue weighted by molar-refractivity contribution is 5.01. The summed E-state index contributed by atoms with van der Waals surface area (Å²) in [6, 6.07) is 0. The predicted octanol–water partition coefficient (Wildman–Crippen LogP) is -4.46. The first-order valence-electron chi connectivity index (χ1n) is 7.79. The molecule has 2 aliphatic heterocycles. The van der Waals surface area contributed by atoms with Crippen LogP contribution in [-0.4, -0.2) is 121 Å². The molecule has 2 rings (SSSR count). The monoisotopic (exact) mass is 410 g/mol. The average Bonchev–Trinajstić information content (AvgIpc) is 2.60. The van der Waals surface area contributed by atoms with E-state index in [4.69, 9.17) is 14.6 Å². The highest BCUT2D eigenvalue weighted by Crippen LogP contribution is 2.41. The van der Waals surface area contributed by atoms with Gasteiger partial charge in [0, 0.05) is 0 Å². The minimum absolute atomic E-state index is 0.825. The molecule has 2 saturated heterocycles. The molecule has 0 aromatic carbocycles. The van der Waals surface area contributed by atoms with Gasteiger partial charge in [-0.1, -0.05) is 0 Å². The fourth-order valence-corrected chi connectivity index (χ4v) is 2.88. The molecule has 8 N–H and O–H groups in total. The van der Waals surface area contributed by atoms with Gasteiger partial charge >= 0.3 is 6.18 Å². The van der Waals surface area contributed by atoms with E-state index in [1.54, 1.807) is 0 Å². The zero-order valence-corrected chi connectivity index (χ0v) is 13.5. The highest BCUT2D eigenvalue weighted by Gasteiger charge is 2.68. The number of hydrogen-bond acceptors (Lipinski definition) is 11. The zero-order valence-electron chi connectivity index (χ0n) is 13.5. The van der Waals surface area contributed by atoms with E-state index in [0.29, 0.717) is 0 Å². The molecule has 2 fully saturated rings. The van der Waals surface area contributed by atoms with Crippen molar-refractivity contribution in [3.05, 3.63) is 0 Å². The Hall–Kier alpha value is -0.650. The molecule has 160 valence electrons. The van der Waals surface area contributed by atoms with Gasteiger partial charge in [-0.15, -0.1) is 0 Å². The molecule has 11 nitrogen and oxygen atoms in total. The first kappa shape index (κ1) is 22.6. The topological polar surface area (TPSA) is 190 Å². The number of hydrogen-bond donors (Lipinski definition) is 8. The van der Waals surface area contributed by atoms with Gasteiger partial charge in [0.1, 0.15) is 48.8 Å². The first-order chi connectivity index (χ1) is 12.4. The van der Waals surface area contributed by atoms with Gasteiger partial charge in [0.15, 0.2) is 6.29 Å². The van der Waals surface area contributed by atoms with Crippen LogP contribution in [0.5, 0.6) is 0 Å². The second kappa shape index (κ2) is 8.00. The molecule has 0 spiro atoms. The molecule has 2 heterocycles. The molecule has 0 bridgehead atoms. The Bertz CT molecular complexity index is 504. The third-order valence-corrected chi connectivity index (χ3v) is 4.48. The van der Waals surface area contributed by atoms with Crippen molar-refractivity contribution in [3.63, 3.8) is 0 Å². The molecule has 0 aliphatic carbocycles. The van der Waals surface area contributed by atoms with E-state index < -0.39 is 80.3 Å². The number of aliphatic hydroxyl groups is 8. The lowest BCUT2D eigenvalue weighted by Crippen LogP contribution is -2.71. The summed E-state index contributed by atoms with van der Waals surface area (Å²) in [5.74, 6) is -4.20. The van der Waals surface area contributed by atoms with Gasteiger partial charge < -0.3 is 55.1 Å². The molecule has 9 unspecified atom stereocenters. The molecule has 0 saturated carbocycles. The number of aliphatic hydroxyl groups excluding tert-OH is 7. The van der Waals surface area contributed by atoms with Crippen LogP contribution >= 0.6 is 0 Å². The van der Waals surface area contributed by atoms with Gasteiger partial charge in [-0.3, -0.25) is 0 Å². The molecular weight excluding hydrogens is 389 g/mol. The lowest BCUT2D eigenvalue weighted by atomic mass is 9.91. The van der Waals surface area contributed by atoms with Crippen molar-refractivity contribution >= 4 is 0 Å². The molecule has 0 aromatic rings. The largest absolute Gasteiger partial charge is 0.446 e. The van der Waals surface area contributed by atoms with Crippen molar-refractivity contribution in [2.24, 2.45) is 0 Å². The van der Waals surface area contributed by atoms with Gasteiger partial charge in [0.2, 0.25) is 0 Å². The number of alkyl halides is 3. The van der Waals surface area contributed by atoms with Crippen LogP contribution in [0.4, 0.5) is 13.2 Å². The first-order valence-corrected chi connectivity index (χ1v) is 7.79. The van der Waals surface area contributed by atoms with Crippen LogP contribution in [0.1, 0.15) is 0 Å². The highest BCUT2D eigenvalue weighted by atomic mass is 19.4. The van der Waals surface area contributed by atoms with Crippen LogP contribution in [0.3, 0.4) is 0 Å². The minimum Gasteiger partial charge on any atom is -0.394 e. The summed E-state index contributed by atoms with van der Waals surface area (Å²) in [6.45, 7) is -2.03. The number of ether oxygens (including phenoxy) is 3. The lowest BCUT2D eigenvalue weighted by molar-refractivity contribution is -0.448. The van der Waals surface area contributed by atoms with Crippen LogP contribution in [0, 0.1) is 0 Å². The third kappa shape index (κ3) is 3.92. The molecule has 0 aromatic heterocycles. The van der Waals surface area contributed by atoms with E-state index in [1.807, 2.05) is 0 Å². The minimum atomic E-state index is -5.53. The Kier molecular flexibility index (Phi) is 6.71. The number of halogens is 3. The normalized spacial score (nSPS) is 49.2. The van der Waals surface area contributed by atoms with Crippen molar-refractivity contribution in [2.75, 3.05) is 13.2 Å². The smallest absolute Gasteiger partial charge is 0.394 e. The van der Waals surface area contributed by atoms with Crippen molar-refractivity contribution in [3.8, 4) is 0 Å². The molecular formula is C13H21F3O11. The van der Waals surface area contributed by atoms with Crippen LogP contribution in [0.2, 0.25) is 0 Å². The van der Waals surface area contributed by atoms with E-state index >= 15 is 0 Å². The van der Waals surface area contributed by atoms with E-state index in [2.05, 4.69) is 4.74 Å². The molecule has 27 heavy (non-hydrogen) atoms. The van der Waals surface area contributed by atoms with E-state index in [0.717, 1.165) is 0 Å². The van der Waals surface area contributed by atoms with Gasteiger partial charge in [-0.2, -0.15) is 13.2 Å². The van der Waals surface area contributed by atoms with Gasteiger partial charge in [-0.05, 0) is 0 Å². The molecule has 14 heteroatoms. The Labute approximate surface area is 149 Å². The Morgan fingerprint density at radius 3 is 1.89 bits per heavy atom. The van der Waals surface area contributed by atoms with E-state index in [-0.39, 0.29) is 0 Å². The summed E-state index contributed by atoms with van der Waals surface area (Å²) in [6.07, 6.45) is -23.8.